The first-order valence-electron chi connectivity index (χ1n) is 10.3. The van der Waals surface area contributed by atoms with Gasteiger partial charge < -0.3 is 25.0 Å². The number of rotatable bonds is 5. The maximum Gasteiger partial charge on any atom is 0.270 e. The van der Waals surface area contributed by atoms with Crippen molar-refractivity contribution in [3.05, 3.63) is 58.9 Å². The summed E-state index contributed by atoms with van der Waals surface area (Å²) in [5, 5.41) is 24.1. The number of phenols is 1. The van der Waals surface area contributed by atoms with Crippen LogP contribution in [-0.4, -0.2) is 55.6 Å². The molecule has 9 heteroatoms. The number of nitrogens with one attached hydrogen (secondary N) is 1. The van der Waals surface area contributed by atoms with Gasteiger partial charge in [0.1, 0.15) is 29.2 Å². The molecule has 1 aliphatic rings. The number of aliphatic hydroxyl groups excluding tert-OH is 1. The molecule has 2 amide bonds. The quantitative estimate of drug-likeness (QED) is 0.612. The van der Waals surface area contributed by atoms with Crippen LogP contribution in [0.4, 0.5) is 4.39 Å². The summed E-state index contributed by atoms with van der Waals surface area (Å²) in [5.41, 5.74) is 0.560. The topological polar surface area (TPSA) is 108 Å². The molecule has 1 fully saturated rings. The molecule has 0 spiro atoms. The normalized spacial score (nSPS) is 15.3. The van der Waals surface area contributed by atoms with Gasteiger partial charge in [0, 0.05) is 31.8 Å². The molecule has 0 saturated carbocycles. The van der Waals surface area contributed by atoms with Crippen LogP contribution in [0.5, 0.6) is 5.75 Å². The molecule has 1 unspecified atom stereocenters. The molecule has 1 aromatic heterocycles. The second kappa shape index (κ2) is 8.38. The Morgan fingerprint density at radius 2 is 1.97 bits per heavy atom. The number of benzene rings is 1. The summed E-state index contributed by atoms with van der Waals surface area (Å²) in [6.07, 6.45) is -0.140. The third-order valence-electron chi connectivity index (χ3n) is 5.69. The molecular weight excluding hydrogens is 415 g/mol. The van der Waals surface area contributed by atoms with Gasteiger partial charge in [0.25, 0.3) is 5.91 Å². The first kappa shape index (κ1) is 23.5. The van der Waals surface area contributed by atoms with Crippen LogP contribution >= 0.6 is 0 Å². The molecule has 3 N–H and O–H groups in total. The zero-order valence-corrected chi connectivity index (χ0v) is 18.9. The predicted octanol–water partition coefficient (Wildman–Crippen LogP) is 2.08. The summed E-state index contributed by atoms with van der Waals surface area (Å²) in [7, 11) is 1.59. The highest BCUT2D eigenvalue weighted by Crippen LogP contribution is 2.35. The van der Waals surface area contributed by atoms with E-state index in [4.69, 9.17) is 0 Å². The SMILES string of the molecule is C=CC(=O)N1CC(NC(=O)c2c(C)nc(C(O)c3cc(C(C)(C)C)c(F)cc3O)n2C)C1. The van der Waals surface area contributed by atoms with Crippen molar-refractivity contribution in [1.29, 1.82) is 0 Å². The molecule has 2 heterocycles. The van der Waals surface area contributed by atoms with Crippen LogP contribution in [0.2, 0.25) is 0 Å². The Hall–Kier alpha value is -3.20. The van der Waals surface area contributed by atoms with Crippen molar-refractivity contribution in [2.24, 2.45) is 7.05 Å². The lowest BCUT2D eigenvalue weighted by Gasteiger charge is -2.38. The maximum absolute atomic E-state index is 14.4. The van der Waals surface area contributed by atoms with Crippen LogP contribution < -0.4 is 5.32 Å². The van der Waals surface area contributed by atoms with E-state index in [0.717, 1.165) is 6.07 Å². The molecule has 172 valence electrons. The minimum Gasteiger partial charge on any atom is -0.507 e. The predicted molar refractivity (Wildman–Crippen MR) is 117 cm³/mol. The van der Waals surface area contributed by atoms with Crippen LogP contribution in [0.15, 0.2) is 24.8 Å². The highest BCUT2D eigenvalue weighted by Gasteiger charge is 2.33. The molecule has 32 heavy (non-hydrogen) atoms. The van der Waals surface area contributed by atoms with E-state index in [1.807, 2.05) is 20.8 Å². The van der Waals surface area contributed by atoms with Gasteiger partial charge in [-0.2, -0.15) is 0 Å². The van der Waals surface area contributed by atoms with E-state index < -0.39 is 23.1 Å². The van der Waals surface area contributed by atoms with Crippen molar-refractivity contribution < 1.29 is 24.2 Å². The molecule has 2 aromatic rings. The number of likely N-dealkylation sites (tertiary alicyclic amines) is 1. The van der Waals surface area contributed by atoms with Gasteiger partial charge >= 0.3 is 0 Å². The van der Waals surface area contributed by atoms with Crippen molar-refractivity contribution in [2.75, 3.05) is 13.1 Å². The fourth-order valence-electron chi connectivity index (χ4n) is 3.86. The Kier molecular flexibility index (Phi) is 6.15. The van der Waals surface area contributed by atoms with Crippen molar-refractivity contribution in [2.45, 2.75) is 45.3 Å². The summed E-state index contributed by atoms with van der Waals surface area (Å²) >= 11 is 0. The van der Waals surface area contributed by atoms with Crippen LogP contribution in [0.25, 0.3) is 0 Å². The minimum atomic E-state index is -1.37. The molecule has 0 radical (unpaired) electrons. The Labute approximate surface area is 186 Å². The highest BCUT2D eigenvalue weighted by atomic mass is 19.1. The summed E-state index contributed by atoms with van der Waals surface area (Å²) < 4.78 is 15.8. The number of hydrogen-bond donors (Lipinski definition) is 3. The molecule has 8 nitrogen and oxygen atoms in total. The average Bonchev–Trinajstić information content (AvgIpc) is 2.96. The van der Waals surface area contributed by atoms with Crippen LogP contribution in [0, 0.1) is 12.7 Å². The lowest BCUT2D eigenvalue weighted by Crippen LogP contribution is -2.60. The zero-order valence-electron chi connectivity index (χ0n) is 18.9. The number of hydrogen-bond acceptors (Lipinski definition) is 5. The Morgan fingerprint density at radius 1 is 1.34 bits per heavy atom. The number of aryl methyl sites for hydroxylation is 1. The number of amides is 2. The third-order valence-corrected chi connectivity index (χ3v) is 5.69. The Morgan fingerprint density at radius 3 is 2.53 bits per heavy atom. The summed E-state index contributed by atoms with van der Waals surface area (Å²) in [4.78, 5) is 30.3. The van der Waals surface area contributed by atoms with Gasteiger partial charge in [0.2, 0.25) is 5.91 Å². The van der Waals surface area contributed by atoms with E-state index in [0.29, 0.717) is 24.3 Å². The Bertz CT molecular complexity index is 1080. The van der Waals surface area contributed by atoms with Gasteiger partial charge in [-0.1, -0.05) is 27.4 Å². The number of carbonyl (C=O) groups excluding carboxylic acids is 2. The fourth-order valence-corrected chi connectivity index (χ4v) is 3.86. The molecule has 1 aromatic carbocycles. The van der Waals surface area contributed by atoms with Crippen LogP contribution in [-0.2, 0) is 17.3 Å². The smallest absolute Gasteiger partial charge is 0.270 e. The molecule has 1 aliphatic heterocycles. The van der Waals surface area contributed by atoms with E-state index in [9.17, 15) is 24.2 Å². The number of imidazole rings is 1. The molecule has 1 atom stereocenters. The van der Waals surface area contributed by atoms with Crippen molar-refractivity contribution in [3.8, 4) is 5.75 Å². The summed E-state index contributed by atoms with van der Waals surface area (Å²) in [6, 6.07) is 2.22. The minimum absolute atomic E-state index is 0.106. The molecule has 0 bridgehead atoms. The fraction of sp³-hybridized carbons (Fsp3) is 0.435. The van der Waals surface area contributed by atoms with Gasteiger partial charge in [-0.3, -0.25) is 9.59 Å². The standard InChI is InChI=1S/C23H29FN4O4/c1-7-18(30)28-10-13(11-28)26-22(32)19-12(2)25-21(27(19)6)20(31)14-8-15(23(3,4)5)16(24)9-17(14)29/h7-9,13,20,29,31H,1,10-11H2,2-6H3,(H,26,32). The first-order valence-corrected chi connectivity index (χ1v) is 10.3. The van der Waals surface area contributed by atoms with Gasteiger partial charge in [-0.25, -0.2) is 9.37 Å². The second-order valence-corrected chi connectivity index (χ2v) is 9.12. The average molecular weight is 445 g/mol. The zero-order chi connectivity index (χ0) is 24.0. The van der Waals surface area contributed by atoms with Crippen LogP contribution in [0.3, 0.4) is 0 Å². The number of aromatic nitrogens is 2. The lowest BCUT2D eigenvalue weighted by molar-refractivity contribution is -0.130. The van der Waals surface area contributed by atoms with E-state index in [2.05, 4.69) is 16.9 Å². The number of aromatic hydroxyl groups is 1. The van der Waals surface area contributed by atoms with E-state index in [-0.39, 0.29) is 34.9 Å². The molecule has 1 saturated heterocycles. The monoisotopic (exact) mass is 444 g/mol. The van der Waals surface area contributed by atoms with Crippen LogP contribution in [0.1, 0.15) is 60.0 Å². The van der Waals surface area contributed by atoms with Gasteiger partial charge in [-0.15, -0.1) is 0 Å². The second-order valence-electron chi connectivity index (χ2n) is 9.12. The number of halogens is 1. The van der Waals surface area contributed by atoms with Gasteiger partial charge in [-0.05, 0) is 30.0 Å². The molecule has 3 rings (SSSR count). The maximum atomic E-state index is 14.4. The van der Waals surface area contributed by atoms with Crippen molar-refractivity contribution in [1.82, 2.24) is 19.8 Å². The third kappa shape index (κ3) is 4.25. The largest absolute Gasteiger partial charge is 0.507 e. The van der Waals surface area contributed by atoms with E-state index in [1.54, 1.807) is 18.9 Å². The van der Waals surface area contributed by atoms with E-state index in [1.165, 1.54) is 16.7 Å². The Balaban J connectivity index is 1.85. The van der Waals surface area contributed by atoms with Gasteiger partial charge in [0.15, 0.2) is 0 Å². The highest BCUT2D eigenvalue weighted by molar-refractivity contribution is 5.94. The number of carbonyl (C=O) groups is 2. The van der Waals surface area contributed by atoms with Crippen molar-refractivity contribution >= 4 is 11.8 Å². The number of aliphatic hydroxyl groups is 1. The van der Waals surface area contributed by atoms with Gasteiger partial charge in [0.05, 0.1) is 11.7 Å². The molecular formula is C23H29FN4O4. The summed E-state index contributed by atoms with van der Waals surface area (Å²) in [5.74, 6) is -1.38. The lowest BCUT2D eigenvalue weighted by atomic mass is 9.85. The number of phenolic OH excluding ortho intramolecular Hbond substituents is 1. The summed E-state index contributed by atoms with van der Waals surface area (Å²) in [6.45, 7) is 11.4. The van der Waals surface area contributed by atoms with Crippen molar-refractivity contribution in [3.63, 3.8) is 0 Å². The number of nitrogens with zero attached hydrogens (tertiary/aromatic N) is 3. The van der Waals surface area contributed by atoms with E-state index >= 15 is 0 Å². The first-order chi connectivity index (χ1) is 14.8. The molecule has 0 aliphatic carbocycles.